The third-order valence-corrected chi connectivity index (χ3v) is 4.31. The van der Waals surface area contributed by atoms with E-state index < -0.39 is 0 Å². The summed E-state index contributed by atoms with van der Waals surface area (Å²) in [6.45, 7) is 1.06. The van der Waals surface area contributed by atoms with E-state index in [4.69, 9.17) is 16.0 Å². The van der Waals surface area contributed by atoms with E-state index in [2.05, 4.69) is 5.32 Å². The number of nitrogens with one attached hydrogen (secondary N) is 1. The SMILES string of the molecule is O=C(Nc1ccccc1Cl)C1CCCN(C(=O)c2ccoc2)C1. The predicted molar refractivity (Wildman–Crippen MR) is 87.4 cm³/mol. The largest absolute Gasteiger partial charge is 0.472 e. The Kier molecular flexibility index (Phi) is 4.67. The van der Waals surface area contributed by atoms with Crippen molar-refractivity contribution < 1.29 is 14.0 Å². The molecule has 0 radical (unpaired) electrons. The highest BCUT2D eigenvalue weighted by Gasteiger charge is 2.29. The highest BCUT2D eigenvalue weighted by atomic mass is 35.5. The number of hydrogen-bond donors (Lipinski definition) is 1. The van der Waals surface area contributed by atoms with Crippen LogP contribution in [0, 0.1) is 5.92 Å². The van der Waals surface area contributed by atoms with Gasteiger partial charge in [0.2, 0.25) is 5.91 Å². The van der Waals surface area contributed by atoms with Crippen LogP contribution in [0.4, 0.5) is 5.69 Å². The van der Waals surface area contributed by atoms with Gasteiger partial charge in [0.1, 0.15) is 6.26 Å². The minimum absolute atomic E-state index is 0.103. The second-order valence-electron chi connectivity index (χ2n) is 5.57. The predicted octanol–water partition coefficient (Wildman–Crippen LogP) is 3.42. The van der Waals surface area contributed by atoms with E-state index in [1.54, 1.807) is 23.1 Å². The lowest BCUT2D eigenvalue weighted by Gasteiger charge is -2.31. The zero-order valence-electron chi connectivity index (χ0n) is 12.5. The highest BCUT2D eigenvalue weighted by molar-refractivity contribution is 6.33. The van der Waals surface area contributed by atoms with Crippen LogP contribution in [-0.4, -0.2) is 29.8 Å². The summed E-state index contributed by atoms with van der Waals surface area (Å²) >= 11 is 6.06. The maximum absolute atomic E-state index is 12.4. The zero-order chi connectivity index (χ0) is 16.2. The smallest absolute Gasteiger partial charge is 0.257 e. The molecule has 1 saturated heterocycles. The normalized spacial score (nSPS) is 17.8. The van der Waals surface area contributed by atoms with E-state index in [0.717, 1.165) is 12.8 Å². The van der Waals surface area contributed by atoms with Crippen molar-refractivity contribution in [3.05, 3.63) is 53.4 Å². The van der Waals surface area contributed by atoms with Crippen LogP contribution in [0.1, 0.15) is 23.2 Å². The van der Waals surface area contributed by atoms with Crippen molar-refractivity contribution in [2.45, 2.75) is 12.8 Å². The number of rotatable bonds is 3. The molecular weight excluding hydrogens is 316 g/mol. The molecular formula is C17H17ClN2O3. The zero-order valence-corrected chi connectivity index (χ0v) is 13.3. The molecule has 1 atom stereocenters. The van der Waals surface area contributed by atoms with Crippen LogP contribution in [0.15, 0.2) is 47.3 Å². The molecule has 1 N–H and O–H groups in total. The van der Waals surface area contributed by atoms with Crippen LogP contribution < -0.4 is 5.32 Å². The van der Waals surface area contributed by atoms with Gasteiger partial charge in [0.15, 0.2) is 0 Å². The summed E-state index contributed by atoms with van der Waals surface area (Å²) in [6, 6.07) is 8.75. The molecule has 0 aliphatic carbocycles. The Morgan fingerprint density at radius 1 is 1.26 bits per heavy atom. The maximum atomic E-state index is 12.4. The van der Waals surface area contributed by atoms with Crippen molar-refractivity contribution in [1.82, 2.24) is 4.90 Å². The molecule has 0 spiro atoms. The van der Waals surface area contributed by atoms with Gasteiger partial charge in [-0.2, -0.15) is 0 Å². The van der Waals surface area contributed by atoms with E-state index in [1.807, 2.05) is 12.1 Å². The fraction of sp³-hybridized carbons (Fsp3) is 0.294. The van der Waals surface area contributed by atoms with E-state index in [1.165, 1.54) is 12.5 Å². The van der Waals surface area contributed by atoms with Gasteiger partial charge in [-0.25, -0.2) is 0 Å². The number of anilines is 1. The maximum Gasteiger partial charge on any atom is 0.257 e. The molecule has 6 heteroatoms. The van der Waals surface area contributed by atoms with Gasteiger partial charge in [-0.05, 0) is 31.0 Å². The monoisotopic (exact) mass is 332 g/mol. The molecule has 0 bridgehead atoms. The van der Waals surface area contributed by atoms with Crippen LogP contribution >= 0.6 is 11.6 Å². The summed E-state index contributed by atoms with van der Waals surface area (Å²) in [5.41, 5.74) is 1.11. The first-order valence-electron chi connectivity index (χ1n) is 7.52. The van der Waals surface area contributed by atoms with E-state index in [9.17, 15) is 9.59 Å². The average Bonchev–Trinajstić information content (AvgIpc) is 3.11. The van der Waals surface area contributed by atoms with Crippen molar-refractivity contribution in [2.75, 3.05) is 18.4 Å². The van der Waals surface area contributed by atoms with Gasteiger partial charge >= 0.3 is 0 Å². The number of carbonyl (C=O) groups is 2. The van der Waals surface area contributed by atoms with Gasteiger partial charge in [0, 0.05) is 13.1 Å². The highest BCUT2D eigenvalue weighted by Crippen LogP contribution is 2.24. The number of likely N-dealkylation sites (tertiary alicyclic amines) is 1. The lowest BCUT2D eigenvalue weighted by molar-refractivity contribution is -0.121. The number of furan rings is 1. The van der Waals surface area contributed by atoms with Gasteiger partial charge in [0.05, 0.1) is 28.5 Å². The molecule has 2 amide bonds. The molecule has 1 fully saturated rings. The van der Waals surface area contributed by atoms with Crippen LogP contribution in [0.5, 0.6) is 0 Å². The van der Waals surface area contributed by atoms with Crippen molar-refractivity contribution in [3.8, 4) is 0 Å². The molecule has 23 heavy (non-hydrogen) atoms. The van der Waals surface area contributed by atoms with Crippen molar-refractivity contribution in [1.29, 1.82) is 0 Å². The first kappa shape index (κ1) is 15.6. The molecule has 120 valence electrons. The Hall–Kier alpha value is -2.27. The van der Waals surface area contributed by atoms with Crippen molar-refractivity contribution in [2.24, 2.45) is 5.92 Å². The lowest BCUT2D eigenvalue weighted by atomic mass is 9.96. The molecule has 2 heterocycles. The number of benzene rings is 1. The Bertz CT molecular complexity index is 700. The number of halogens is 1. The summed E-state index contributed by atoms with van der Waals surface area (Å²) in [5, 5.41) is 3.35. The second kappa shape index (κ2) is 6.87. The molecule has 0 saturated carbocycles. The Labute approximate surface area is 139 Å². The average molecular weight is 333 g/mol. The molecule has 3 rings (SSSR count). The van der Waals surface area contributed by atoms with Gasteiger partial charge < -0.3 is 14.6 Å². The van der Waals surface area contributed by atoms with Gasteiger partial charge in [-0.1, -0.05) is 23.7 Å². The van der Waals surface area contributed by atoms with Crippen LogP contribution in [0.25, 0.3) is 0 Å². The lowest BCUT2D eigenvalue weighted by Crippen LogP contribution is -2.43. The van der Waals surface area contributed by atoms with E-state index in [-0.39, 0.29) is 17.7 Å². The minimum atomic E-state index is -0.240. The van der Waals surface area contributed by atoms with Gasteiger partial charge in [0.25, 0.3) is 5.91 Å². The molecule has 2 aromatic rings. The quantitative estimate of drug-likeness (QED) is 0.936. The summed E-state index contributed by atoms with van der Waals surface area (Å²) in [4.78, 5) is 26.5. The van der Waals surface area contributed by atoms with Crippen LogP contribution in [-0.2, 0) is 4.79 Å². The van der Waals surface area contributed by atoms with E-state index in [0.29, 0.717) is 29.4 Å². The third-order valence-electron chi connectivity index (χ3n) is 3.98. The van der Waals surface area contributed by atoms with Gasteiger partial charge in [-0.3, -0.25) is 9.59 Å². The topological polar surface area (TPSA) is 62.6 Å². The first-order chi connectivity index (χ1) is 11.1. The number of para-hydroxylation sites is 1. The molecule has 1 aromatic heterocycles. The fourth-order valence-corrected chi connectivity index (χ4v) is 2.92. The summed E-state index contributed by atoms with van der Waals surface area (Å²) < 4.78 is 4.95. The minimum Gasteiger partial charge on any atom is -0.472 e. The van der Waals surface area contributed by atoms with Gasteiger partial charge in [-0.15, -0.1) is 0 Å². The standard InChI is InChI=1S/C17H17ClN2O3/c18-14-5-1-2-6-15(14)19-16(21)12-4-3-8-20(10-12)17(22)13-7-9-23-11-13/h1-2,5-7,9,11-12H,3-4,8,10H2,(H,19,21). The Balaban J connectivity index is 1.65. The first-order valence-corrected chi connectivity index (χ1v) is 7.90. The molecule has 1 unspecified atom stereocenters. The third kappa shape index (κ3) is 3.56. The van der Waals surface area contributed by atoms with Crippen LogP contribution in [0.2, 0.25) is 5.02 Å². The molecule has 1 aromatic carbocycles. The van der Waals surface area contributed by atoms with Crippen molar-refractivity contribution >= 4 is 29.1 Å². The summed E-state index contributed by atoms with van der Waals surface area (Å²) in [5.74, 6) is -0.451. The summed E-state index contributed by atoms with van der Waals surface area (Å²) in [7, 11) is 0. The Morgan fingerprint density at radius 2 is 2.09 bits per heavy atom. The fourth-order valence-electron chi connectivity index (χ4n) is 2.74. The number of hydrogen-bond acceptors (Lipinski definition) is 3. The molecule has 1 aliphatic heterocycles. The van der Waals surface area contributed by atoms with Crippen molar-refractivity contribution in [3.63, 3.8) is 0 Å². The second-order valence-corrected chi connectivity index (χ2v) is 5.98. The number of nitrogens with zero attached hydrogens (tertiary/aromatic N) is 1. The summed E-state index contributed by atoms with van der Waals surface area (Å²) in [6.07, 6.45) is 4.45. The van der Waals surface area contributed by atoms with E-state index >= 15 is 0 Å². The number of amides is 2. The number of piperidine rings is 1. The Morgan fingerprint density at radius 3 is 2.83 bits per heavy atom. The number of carbonyl (C=O) groups excluding carboxylic acids is 2. The molecule has 5 nitrogen and oxygen atoms in total. The molecule has 1 aliphatic rings. The van der Waals surface area contributed by atoms with Crippen LogP contribution in [0.3, 0.4) is 0 Å².